The van der Waals surface area contributed by atoms with Crippen LogP contribution in [0.25, 0.3) is 0 Å². The molecule has 0 fully saturated rings. The van der Waals surface area contributed by atoms with Crippen molar-refractivity contribution in [3.05, 3.63) is 86.1 Å². The van der Waals surface area contributed by atoms with E-state index in [-0.39, 0.29) is 35.2 Å². The monoisotopic (exact) mass is 414 g/mol. The Kier molecular flexibility index (Phi) is 6.29. The van der Waals surface area contributed by atoms with Crippen molar-refractivity contribution in [3.63, 3.8) is 0 Å². The van der Waals surface area contributed by atoms with Crippen molar-refractivity contribution >= 4 is 29.2 Å². The number of benzene rings is 2. The van der Waals surface area contributed by atoms with Gasteiger partial charge in [-0.2, -0.15) is 0 Å². The molecule has 7 nitrogen and oxygen atoms in total. The van der Waals surface area contributed by atoms with Gasteiger partial charge in [0.1, 0.15) is 0 Å². The Labute approximate surface area is 172 Å². The van der Waals surface area contributed by atoms with E-state index < -0.39 is 16.8 Å². The molecule has 1 heterocycles. The number of allylic oxidation sites excluding steroid dienone is 1. The molecule has 1 atom stereocenters. The number of non-ortho nitro benzene ring substituents is 1. The second-order valence-corrected chi connectivity index (χ2v) is 7.09. The average molecular weight is 415 g/mol. The first kappa shape index (κ1) is 20.5. The predicted molar refractivity (Wildman–Crippen MR) is 107 cm³/mol. The maximum Gasteiger partial charge on any atom is 0.336 e. The second kappa shape index (κ2) is 8.87. The first-order valence-electron chi connectivity index (χ1n) is 9.02. The van der Waals surface area contributed by atoms with Crippen molar-refractivity contribution in [1.29, 1.82) is 0 Å². The SMILES string of the molecule is CC1=C(C(=O)OCCc2ccccc2)[C@@H](c2cc([N+](=O)[O-])ccc2Cl)CC(=O)N1. The summed E-state index contributed by atoms with van der Waals surface area (Å²) in [6, 6.07) is 13.6. The molecular weight excluding hydrogens is 396 g/mol. The molecule has 1 aliphatic heterocycles. The van der Waals surface area contributed by atoms with Crippen LogP contribution in [0.4, 0.5) is 5.69 Å². The van der Waals surface area contributed by atoms with E-state index >= 15 is 0 Å². The molecule has 2 aromatic rings. The van der Waals surface area contributed by atoms with Crippen LogP contribution in [-0.2, 0) is 20.7 Å². The number of esters is 1. The highest BCUT2D eigenvalue weighted by Gasteiger charge is 2.34. The number of nitrogens with one attached hydrogen (secondary N) is 1. The highest BCUT2D eigenvalue weighted by Crippen LogP contribution is 2.38. The summed E-state index contributed by atoms with van der Waals surface area (Å²) >= 11 is 6.26. The summed E-state index contributed by atoms with van der Waals surface area (Å²) in [4.78, 5) is 35.5. The van der Waals surface area contributed by atoms with Crippen LogP contribution in [0.5, 0.6) is 0 Å². The van der Waals surface area contributed by atoms with E-state index in [1.54, 1.807) is 6.92 Å². The molecule has 150 valence electrons. The lowest BCUT2D eigenvalue weighted by Gasteiger charge is -2.27. The maximum absolute atomic E-state index is 12.8. The molecule has 0 unspecified atom stereocenters. The Hall–Kier alpha value is -3.19. The first-order chi connectivity index (χ1) is 13.9. The first-order valence-corrected chi connectivity index (χ1v) is 9.40. The molecule has 0 aliphatic carbocycles. The van der Waals surface area contributed by atoms with E-state index in [0.717, 1.165) is 5.56 Å². The number of carbonyl (C=O) groups is 2. The summed E-state index contributed by atoms with van der Waals surface area (Å²) in [5.41, 5.74) is 1.83. The van der Waals surface area contributed by atoms with Gasteiger partial charge in [-0.25, -0.2) is 4.79 Å². The number of amides is 1. The van der Waals surface area contributed by atoms with Gasteiger partial charge in [0.25, 0.3) is 5.69 Å². The molecule has 1 amide bonds. The topological polar surface area (TPSA) is 98.5 Å². The van der Waals surface area contributed by atoms with Crippen LogP contribution < -0.4 is 5.32 Å². The summed E-state index contributed by atoms with van der Waals surface area (Å²) in [5.74, 6) is -1.60. The van der Waals surface area contributed by atoms with E-state index in [4.69, 9.17) is 16.3 Å². The summed E-state index contributed by atoms with van der Waals surface area (Å²) in [6.45, 7) is 1.77. The molecule has 8 heteroatoms. The van der Waals surface area contributed by atoms with Crippen molar-refractivity contribution < 1.29 is 19.2 Å². The van der Waals surface area contributed by atoms with Crippen LogP contribution in [0.15, 0.2) is 59.8 Å². The van der Waals surface area contributed by atoms with E-state index in [2.05, 4.69) is 5.32 Å². The zero-order valence-electron chi connectivity index (χ0n) is 15.7. The molecular formula is C21H19ClN2O5. The van der Waals surface area contributed by atoms with Gasteiger partial charge < -0.3 is 10.1 Å². The molecule has 1 aliphatic rings. The number of hydrogen-bond donors (Lipinski definition) is 1. The number of ether oxygens (including phenoxy) is 1. The van der Waals surface area contributed by atoms with Crippen molar-refractivity contribution in [2.24, 2.45) is 0 Å². The Morgan fingerprint density at radius 1 is 1.28 bits per heavy atom. The van der Waals surface area contributed by atoms with Crippen LogP contribution in [0.3, 0.4) is 0 Å². The number of carbonyl (C=O) groups excluding carboxylic acids is 2. The normalized spacial score (nSPS) is 16.3. The van der Waals surface area contributed by atoms with E-state index in [1.807, 2.05) is 30.3 Å². The Balaban J connectivity index is 1.85. The van der Waals surface area contributed by atoms with Gasteiger partial charge in [-0.15, -0.1) is 0 Å². The minimum absolute atomic E-state index is 0.0542. The fourth-order valence-electron chi connectivity index (χ4n) is 3.33. The van der Waals surface area contributed by atoms with Gasteiger partial charge in [0.05, 0.1) is 17.1 Å². The van der Waals surface area contributed by atoms with Gasteiger partial charge in [-0.3, -0.25) is 14.9 Å². The standard InChI is InChI=1S/C21H19ClN2O5/c1-13-20(21(26)29-10-9-14-5-3-2-4-6-14)17(12-19(25)23-13)16-11-15(24(27)28)7-8-18(16)22/h2-8,11,17H,9-10,12H2,1H3,(H,23,25)/t17-/m1/s1. The van der Waals surface area contributed by atoms with Crippen LogP contribution in [0.1, 0.15) is 30.4 Å². The summed E-state index contributed by atoms with van der Waals surface area (Å²) < 4.78 is 5.44. The summed E-state index contributed by atoms with van der Waals surface area (Å²) in [6.07, 6.45) is 0.495. The Morgan fingerprint density at radius 3 is 2.69 bits per heavy atom. The third-order valence-corrected chi connectivity index (χ3v) is 5.07. The van der Waals surface area contributed by atoms with Crippen molar-refractivity contribution in [2.75, 3.05) is 6.61 Å². The van der Waals surface area contributed by atoms with Gasteiger partial charge in [-0.1, -0.05) is 41.9 Å². The van der Waals surface area contributed by atoms with Crippen LogP contribution in [0, 0.1) is 10.1 Å². The summed E-state index contributed by atoms with van der Waals surface area (Å²) in [7, 11) is 0. The molecule has 0 aromatic heterocycles. The van der Waals surface area contributed by atoms with E-state index in [9.17, 15) is 19.7 Å². The third kappa shape index (κ3) is 4.81. The zero-order chi connectivity index (χ0) is 21.0. The van der Waals surface area contributed by atoms with Gasteiger partial charge in [0.2, 0.25) is 5.91 Å². The lowest BCUT2D eigenvalue weighted by atomic mass is 9.84. The molecule has 0 radical (unpaired) electrons. The molecule has 2 aromatic carbocycles. The Morgan fingerprint density at radius 2 is 2.00 bits per heavy atom. The van der Waals surface area contributed by atoms with Gasteiger partial charge in [0, 0.05) is 41.6 Å². The largest absolute Gasteiger partial charge is 0.462 e. The number of nitrogens with zero attached hydrogens (tertiary/aromatic N) is 1. The zero-order valence-corrected chi connectivity index (χ0v) is 16.4. The number of hydrogen-bond acceptors (Lipinski definition) is 5. The van der Waals surface area contributed by atoms with Gasteiger partial charge in [0.15, 0.2) is 0 Å². The second-order valence-electron chi connectivity index (χ2n) is 6.68. The lowest BCUT2D eigenvalue weighted by Crippen LogP contribution is -2.34. The van der Waals surface area contributed by atoms with Crippen molar-refractivity contribution in [1.82, 2.24) is 5.32 Å². The van der Waals surface area contributed by atoms with E-state index in [0.29, 0.717) is 17.7 Å². The van der Waals surface area contributed by atoms with Crippen LogP contribution >= 0.6 is 11.6 Å². The number of nitro benzene ring substituents is 1. The molecule has 29 heavy (non-hydrogen) atoms. The van der Waals surface area contributed by atoms with Crippen LogP contribution in [0.2, 0.25) is 5.02 Å². The number of nitro groups is 1. The highest BCUT2D eigenvalue weighted by molar-refractivity contribution is 6.31. The van der Waals surface area contributed by atoms with Crippen LogP contribution in [-0.4, -0.2) is 23.4 Å². The van der Waals surface area contributed by atoms with Crippen molar-refractivity contribution in [2.45, 2.75) is 25.7 Å². The van der Waals surface area contributed by atoms with Crippen molar-refractivity contribution in [3.8, 4) is 0 Å². The molecule has 3 rings (SSSR count). The van der Waals surface area contributed by atoms with Gasteiger partial charge >= 0.3 is 5.97 Å². The minimum atomic E-state index is -0.722. The summed E-state index contributed by atoms with van der Waals surface area (Å²) in [5, 5.41) is 14.0. The molecule has 0 spiro atoms. The predicted octanol–water partition coefficient (Wildman–Crippen LogP) is 3.91. The smallest absolute Gasteiger partial charge is 0.336 e. The third-order valence-electron chi connectivity index (χ3n) is 4.72. The maximum atomic E-state index is 12.8. The highest BCUT2D eigenvalue weighted by atomic mass is 35.5. The Bertz CT molecular complexity index is 988. The molecule has 1 N–H and O–H groups in total. The molecule has 0 bridgehead atoms. The fraction of sp³-hybridized carbons (Fsp3) is 0.238. The average Bonchev–Trinajstić information content (AvgIpc) is 2.68. The number of halogens is 1. The quantitative estimate of drug-likeness (QED) is 0.439. The van der Waals surface area contributed by atoms with E-state index in [1.165, 1.54) is 18.2 Å². The van der Waals surface area contributed by atoms with Gasteiger partial charge in [-0.05, 0) is 24.1 Å². The molecule has 0 saturated heterocycles. The fourth-order valence-corrected chi connectivity index (χ4v) is 3.58. The molecule has 0 saturated carbocycles. The minimum Gasteiger partial charge on any atom is -0.462 e. The number of rotatable bonds is 6. The lowest BCUT2D eigenvalue weighted by molar-refractivity contribution is -0.384.